The van der Waals surface area contributed by atoms with Crippen LogP contribution in [0.2, 0.25) is 0 Å². The van der Waals surface area contributed by atoms with E-state index in [2.05, 4.69) is 20.7 Å². The zero-order chi connectivity index (χ0) is 19.0. The van der Waals surface area contributed by atoms with Gasteiger partial charge in [0, 0.05) is 11.0 Å². The van der Waals surface area contributed by atoms with Gasteiger partial charge in [0.15, 0.2) is 0 Å². The van der Waals surface area contributed by atoms with Gasteiger partial charge in [-0.25, -0.2) is 4.79 Å². The van der Waals surface area contributed by atoms with Crippen LogP contribution in [0.25, 0.3) is 0 Å². The van der Waals surface area contributed by atoms with Crippen molar-refractivity contribution in [2.45, 2.75) is 25.8 Å². The Bertz CT molecular complexity index is 559. The zero-order valence-electron chi connectivity index (χ0n) is 12.1. The van der Waals surface area contributed by atoms with Gasteiger partial charge in [-0.3, -0.25) is 4.79 Å². The Labute approximate surface area is 141 Å². The summed E-state index contributed by atoms with van der Waals surface area (Å²) in [7, 11) is 0. The molecule has 4 nitrogen and oxygen atoms in total. The van der Waals surface area contributed by atoms with Crippen molar-refractivity contribution < 1.29 is 40.7 Å². The topological polar surface area (TPSA) is 55.4 Å². The largest absolute Gasteiger partial charge is 0.490 e. The van der Waals surface area contributed by atoms with Crippen LogP contribution in [0.5, 0.6) is 0 Å². The average molecular weight is 424 g/mol. The van der Waals surface area contributed by atoms with Gasteiger partial charge >= 0.3 is 24.2 Å². The monoisotopic (exact) mass is 423 g/mol. The SMILES string of the molecule is CCOC(=O)C(F)(F)F.O=C(NCc1ccccc1Br)C(F)(F)F. The van der Waals surface area contributed by atoms with Gasteiger partial charge in [-0.05, 0) is 18.6 Å². The molecular weight excluding hydrogens is 412 g/mol. The molecule has 136 valence electrons. The summed E-state index contributed by atoms with van der Waals surface area (Å²) >= 11 is 3.16. The quantitative estimate of drug-likeness (QED) is 0.595. The van der Waals surface area contributed by atoms with Gasteiger partial charge in [-0.2, -0.15) is 26.3 Å². The number of rotatable bonds is 3. The van der Waals surface area contributed by atoms with Gasteiger partial charge < -0.3 is 10.1 Å². The number of carbonyl (C=O) groups excluding carboxylic acids is 2. The molecule has 0 bridgehead atoms. The van der Waals surface area contributed by atoms with Crippen LogP contribution in [0.15, 0.2) is 28.7 Å². The highest BCUT2D eigenvalue weighted by Gasteiger charge is 2.40. The minimum Gasteiger partial charge on any atom is -0.459 e. The second-order valence-electron chi connectivity index (χ2n) is 3.99. The van der Waals surface area contributed by atoms with E-state index in [4.69, 9.17) is 0 Å². The summed E-state index contributed by atoms with van der Waals surface area (Å²) in [5.74, 6) is -4.07. The number of amides is 1. The van der Waals surface area contributed by atoms with E-state index in [1.807, 2.05) is 0 Å². The maximum Gasteiger partial charge on any atom is 0.490 e. The lowest BCUT2D eigenvalue weighted by Gasteiger charge is -2.08. The summed E-state index contributed by atoms with van der Waals surface area (Å²) < 4.78 is 73.3. The van der Waals surface area contributed by atoms with Gasteiger partial charge in [0.25, 0.3) is 0 Å². The van der Waals surface area contributed by atoms with Gasteiger partial charge in [0.05, 0.1) is 6.61 Å². The van der Waals surface area contributed by atoms with Crippen LogP contribution < -0.4 is 5.32 Å². The third kappa shape index (κ3) is 8.75. The molecule has 0 radical (unpaired) electrons. The summed E-state index contributed by atoms with van der Waals surface area (Å²) in [6.07, 6.45) is -9.68. The predicted octanol–water partition coefficient (Wildman–Crippen LogP) is 3.74. The molecule has 0 heterocycles. The van der Waals surface area contributed by atoms with Gasteiger partial charge in [-0.1, -0.05) is 34.1 Å². The average Bonchev–Trinajstić information content (AvgIpc) is 2.45. The molecule has 1 aromatic rings. The van der Waals surface area contributed by atoms with E-state index >= 15 is 0 Å². The van der Waals surface area contributed by atoms with Gasteiger partial charge in [0.1, 0.15) is 0 Å². The summed E-state index contributed by atoms with van der Waals surface area (Å²) in [5.41, 5.74) is 0.593. The second-order valence-corrected chi connectivity index (χ2v) is 4.84. The van der Waals surface area contributed by atoms with Gasteiger partial charge in [0.2, 0.25) is 0 Å². The Morgan fingerprint density at radius 3 is 2.00 bits per heavy atom. The molecule has 0 aliphatic rings. The van der Waals surface area contributed by atoms with E-state index in [0.29, 0.717) is 10.0 Å². The highest BCUT2D eigenvalue weighted by molar-refractivity contribution is 9.10. The molecule has 24 heavy (non-hydrogen) atoms. The highest BCUT2D eigenvalue weighted by atomic mass is 79.9. The second kappa shape index (κ2) is 9.50. The van der Waals surface area contributed by atoms with E-state index < -0.39 is 24.2 Å². The van der Waals surface area contributed by atoms with Crippen LogP contribution in [0.1, 0.15) is 12.5 Å². The lowest BCUT2D eigenvalue weighted by Crippen LogP contribution is -2.36. The number of ether oxygens (including phenoxy) is 1. The van der Waals surface area contributed by atoms with Crippen LogP contribution >= 0.6 is 15.9 Å². The summed E-state index contributed by atoms with van der Waals surface area (Å²) in [6.45, 7) is 0.905. The molecule has 0 aliphatic heterocycles. The molecule has 0 aliphatic carbocycles. The van der Waals surface area contributed by atoms with Crippen LogP contribution in [-0.2, 0) is 20.9 Å². The van der Waals surface area contributed by atoms with E-state index in [0.717, 1.165) is 0 Å². The summed E-state index contributed by atoms with van der Waals surface area (Å²) in [4.78, 5) is 20.2. The number of hydrogen-bond acceptors (Lipinski definition) is 3. The number of carbonyl (C=O) groups is 2. The summed E-state index contributed by atoms with van der Waals surface area (Å²) in [6, 6.07) is 6.73. The molecule has 1 aromatic carbocycles. The normalized spacial score (nSPS) is 11.2. The van der Waals surface area contributed by atoms with Crippen LogP contribution in [0.3, 0.4) is 0 Å². The fourth-order valence-electron chi connectivity index (χ4n) is 1.13. The first-order chi connectivity index (χ1) is 10.9. The molecule has 11 heteroatoms. The maximum absolute atomic E-state index is 11.8. The molecule has 0 unspecified atom stereocenters. The minimum atomic E-state index is -4.85. The smallest absolute Gasteiger partial charge is 0.459 e. The fourth-order valence-corrected chi connectivity index (χ4v) is 1.56. The molecule has 0 spiro atoms. The first kappa shape index (κ1) is 22.2. The van der Waals surface area contributed by atoms with E-state index in [1.165, 1.54) is 6.92 Å². The van der Waals surface area contributed by atoms with Crippen LogP contribution in [0, 0.1) is 0 Å². The van der Waals surface area contributed by atoms with Crippen molar-refractivity contribution in [3.63, 3.8) is 0 Å². The van der Waals surface area contributed by atoms with Crippen molar-refractivity contribution in [1.82, 2.24) is 5.32 Å². The molecule has 1 N–H and O–H groups in total. The summed E-state index contributed by atoms with van der Waals surface area (Å²) in [5, 5.41) is 1.79. The minimum absolute atomic E-state index is 0.153. The molecule has 0 saturated carbocycles. The first-order valence-electron chi connectivity index (χ1n) is 6.22. The Morgan fingerprint density at radius 2 is 1.62 bits per heavy atom. The van der Waals surface area contributed by atoms with Crippen molar-refractivity contribution in [3.05, 3.63) is 34.3 Å². The van der Waals surface area contributed by atoms with E-state index in [-0.39, 0.29) is 13.2 Å². The zero-order valence-corrected chi connectivity index (χ0v) is 13.7. The van der Waals surface area contributed by atoms with Crippen molar-refractivity contribution in [2.24, 2.45) is 0 Å². The van der Waals surface area contributed by atoms with Crippen molar-refractivity contribution >= 4 is 27.8 Å². The standard InChI is InChI=1S/C9H7BrF3NO.C4H5F3O2/c10-7-4-2-1-3-6(7)5-14-8(15)9(11,12)13;1-2-9-3(8)4(5,6)7/h1-4H,5H2,(H,14,15);2H2,1H3. The Morgan fingerprint density at radius 1 is 1.08 bits per heavy atom. The Hall–Kier alpha value is -1.78. The number of esters is 1. The third-order valence-electron chi connectivity index (χ3n) is 2.16. The van der Waals surface area contributed by atoms with Crippen molar-refractivity contribution in [2.75, 3.05) is 6.61 Å². The van der Waals surface area contributed by atoms with E-state index in [1.54, 1.807) is 29.6 Å². The molecule has 0 fully saturated rings. The number of halogens is 7. The lowest BCUT2D eigenvalue weighted by molar-refractivity contribution is -0.199. The third-order valence-corrected chi connectivity index (χ3v) is 2.94. The van der Waals surface area contributed by atoms with Crippen molar-refractivity contribution in [3.8, 4) is 0 Å². The number of nitrogens with one attached hydrogen (secondary N) is 1. The lowest BCUT2D eigenvalue weighted by atomic mass is 10.2. The Balaban J connectivity index is 0.000000506. The molecule has 1 rings (SSSR count). The maximum atomic E-state index is 11.8. The van der Waals surface area contributed by atoms with Crippen LogP contribution in [0.4, 0.5) is 26.3 Å². The molecular formula is C13H12BrF6NO3. The fraction of sp³-hybridized carbons (Fsp3) is 0.385. The number of benzene rings is 1. The van der Waals surface area contributed by atoms with Gasteiger partial charge in [-0.15, -0.1) is 0 Å². The number of hydrogen-bond donors (Lipinski definition) is 1. The van der Waals surface area contributed by atoms with Crippen molar-refractivity contribution in [1.29, 1.82) is 0 Å². The molecule has 0 saturated heterocycles. The predicted molar refractivity (Wildman–Crippen MR) is 74.7 cm³/mol. The molecule has 0 aromatic heterocycles. The molecule has 0 atom stereocenters. The number of alkyl halides is 6. The van der Waals surface area contributed by atoms with Crippen LogP contribution in [-0.4, -0.2) is 30.8 Å². The highest BCUT2D eigenvalue weighted by Crippen LogP contribution is 2.18. The first-order valence-corrected chi connectivity index (χ1v) is 7.01. The Kier molecular flexibility index (Phi) is 8.80. The van der Waals surface area contributed by atoms with E-state index in [9.17, 15) is 35.9 Å². The molecule has 1 amide bonds.